The third-order valence-corrected chi connectivity index (χ3v) is 5.99. The van der Waals surface area contributed by atoms with E-state index in [1.165, 1.54) is 24.3 Å². The van der Waals surface area contributed by atoms with Crippen molar-refractivity contribution in [2.45, 2.75) is 17.4 Å². The fourth-order valence-corrected chi connectivity index (χ4v) is 4.19. The van der Waals surface area contributed by atoms with Gasteiger partial charge in [0.05, 0.1) is 22.4 Å². The summed E-state index contributed by atoms with van der Waals surface area (Å²) >= 11 is 0. The van der Waals surface area contributed by atoms with E-state index in [1.54, 1.807) is 18.2 Å². The molecule has 1 fully saturated rings. The maximum atomic E-state index is 12.5. The molecule has 1 saturated heterocycles. The Balaban J connectivity index is 1.80. The third-order valence-electron chi connectivity index (χ3n) is 4.67. The Morgan fingerprint density at radius 3 is 2.67 bits per heavy atom. The number of hydrogen-bond donors (Lipinski definition) is 2. The van der Waals surface area contributed by atoms with Gasteiger partial charge < -0.3 is 5.32 Å². The number of carbonyl (C=O) groups is 1. The topological polar surface area (TPSA) is 145 Å². The summed E-state index contributed by atoms with van der Waals surface area (Å²) < 4.78 is 27.0. The number of anilines is 1. The fraction of sp³-hybridized carbons (Fsp3) is 0.263. The van der Waals surface area contributed by atoms with Crippen LogP contribution < -0.4 is 10.0 Å². The van der Waals surface area contributed by atoms with Crippen LogP contribution in [0.15, 0.2) is 53.4 Å². The molecular formula is C19H19N5O5S. The molecule has 0 radical (unpaired) electrons. The number of amides is 1. The molecule has 1 heterocycles. The van der Waals surface area contributed by atoms with Crippen molar-refractivity contribution in [2.24, 2.45) is 0 Å². The molecular weight excluding hydrogens is 410 g/mol. The zero-order chi connectivity index (χ0) is 21.7. The number of nitro benzene ring substituents is 1. The van der Waals surface area contributed by atoms with Crippen molar-refractivity contribution in [2.75, 3.05) is 25.0 Å². The van der Waals surface area contributed by atoms with E-state index in [1.807, 2.05) is 9.62 Å². The quantitative estimate of drug-likeness (QED) is 0.384. The van der Waals surface area contributed by atoms with Gasteiger partial charge in [0.25, 0.3) is 21.6 Å². The maximum Gasteiger partial charge on any atom is 0.293 e. The van der Waals surface area contributed by atoms with Gasteiger partial charge in [-0.15, -0.1) is 0 Å². The molecule has 0 saturated carbocycles. The van der Waals surface area contributed by atoms with Gasteiger partial charge in [-0.25, -0.2) is 13.1 Å². The van der Waals surface area contributed by atoms with Crippen LogP contribution in [0.25, 0.3) is 0 Å². The van der Waals surface area contributed by atoms with Crippen LogP contribution in [0.2, 0.25) is 0 Å². The number of likely N-dealkylation sites (tertiary alicyclic amines) is 1. The molecule has 0 unspecified atom stereocenters. The summed E-state index contributed by atoms with van der Waals surface area (Å²) in [5.41, 5.74) is -0.0852. The maximum absolute atomic E-state index is 12.5. The van der Waals surface area contributed by atoms with Crippen LogP contribution in [0.1, 0.15) is 16.8 Å². The zero-order valence-electron chi connectivity index (χ0n) is 15.8. The zero-order valence-corrected chi connectivity index (χ0v) is 16.6. The van der Waals surface area contributed by atoms with E-state index >= 15 is 0 Å². The summed E-state index contributed by atoms with van der Waals surface area (Å²) in [6.45, 7) is 1.52. The normalized spacial score (nSPS) is 16.6. The molecule has 1 atom stereocenters. The Kier molecular flexibility index (Phi) is 6.29. The molecule has 1 amide bonds. The minimum atomic E-state index is -4.30. The van der Waals surface area contributed by atoms with Gasteiger partial charge in [0.2, 0.25) is 0 Å². The highest BCUT2D eigenvalue weighted by Crippen LogP contribution is 2.29. The van der Waals surface area contributed by atoms with Gasteiger partial charge in [0.15, 0.2) is 0 Å². The number of nitrogens with one attached hydrogen (secondary N) is 2. The molecule has 0 spiro atoms. The number of benzene rings is 2. The third kappa shape index (κ3) is 4.91. The second-order valence-corrected chi connectivity index (χ2v) is 8.44. The molecule has 2 aromatic carbocycles. The Hall–Kier alpha value is -3.49. The Morgan fingerprint density at radius 2 is 2.00 bits per heavy atom. The van der Waals surface area contributed by atoms with Gasteiger partial charge in [-0.2, -0.15) is 5.26 Å². The lowest BCUT2D eigenvalue weighted by atomic mass is 10.2. The number of sulfonamides is 1. The van der Waals surface area contributed by atoms with Gasteiger partial charge in [0, 0.05) is 30.8 Å². The van der Waals surface area contributed by atoms with Crippen LogP contribution in [0.5, 0.6) is 0 Å². The van der Waals surface area contributed by atoms with Gasteiger partial charge in [-0.3, -0.25) is 19.8 Å². The van der Waals surface area contributed by atoms with Crippen molar-refractivity contribution < 1.29 is 18.1 Å². The van der Waals surface area contributed by atoms with Crippen LogP contribution in [0.4, 0.5) is 11.4 Å². The largest absolute Gasteiger partial charge is 0.375 e. The number of hydrogen-bond acceptors (Lipinski definition) is 8. The van der Waals surface area contributed by atoms with Crippen molar-refractivity contribution in [3.8, 4) is 6.07 Å². The number of nitro groups is 1. The number of nitrogens with zero attached hydrogens (tertiary/aromatic N) is 3. The average molecular weight is 429 g/mol. The smallest absolute Gasteiger partial charge is 0.293 e. The summed E-state index contributed by atoms with van der Waals surface area (Å²) in [7, 11) is -4.30. The molecule has 0 bridgehead atoms. The van der Waals surface area contributed by atoms with Crippen molar-refractivity contribution >= 4 is 27.3 Å². The predicted molar refractivity (Wildman–Crippen MR) is 108 cm³/mol. The van der Waals surface area contributed by atoms with Crippen LogP contribution in [0, 0.1) is 21.4 Å². The molecule has 0 aliphatic carbocycles. The first-order valence-electron chi connectivity index (χ1n) is 9.06. The van der Waals surface area contributed by atoms with Crippen molar-refractivity contribution in [1.82, 2.24) is 9.62 Å². The van der Waals surface area contributed by atoms with Crippen LogP contribution in [-0.2, 0) is 10.0 Å². The molecule has 11 heteroatoms. The van der Waals surface area contributed by atoms with E-state index < -0.39 is 26.5 Å². The average Bonchev–Trinajstić information content (AvgIpc) is 3.15. The molecule has 2 aromatic rings. The van der Waals surface area contributed by atoms with Crippen LogP contribution in [0.3, 0.4) is 0 Å². The van der Waals surface area contributed by atoms with Gasteiger partial charge >= 0.3 is 0 Å². The van der Waals surface area contributed by atoms with E-state index in [4.69, 9.17) is 5.26 Å². The minimum absolute atomic E-state index is 0.0997. The predicted octanol–water partition coefficient (Wildman–Crippen LogP) is 1.72. The standard InChI is InChI=1S/C19H19N5O5S/c20-9-11-23-10-8-15(13-23)21-17-7-6-16(12-18(17)24(26)27)30(28,29)22-19(25)14-4-2-1-3-5-14/h1-7,12,15,21H,8,10-11,13H2,(H,22,25)/t15-/m1/s1. The summed E-state index contributed by atoms with van der Waals surface area (Å²) in [5, 5.41) is 23.3. The molecule has 3 rings (SSSR count). The van der Waals surface area contributed by atoms with E-state index in [2.05, 4.69) is 11.4 Å². The first kappa shape index (κ1) is 21.2. The molecule has 0 aromatic heterocycles. The van der Waals surface area contributed by atoms with Gasteiger partial charge in [0.1, 0.15) is 5.69 Å². The minimum Gasteiger partial charge on any atom is -0.375 e. The molecule has 2 N–H and O–H groups in total. The Morgan fingerprint density at radius 1 is 1.27 bits per heavy atom. The number of nitriles is 1. The summed E-state index contributed by atoms with van der Waals surface area (Å²) in [6.07, 6.45) is 0.700. The van der Waals surface area contributed by atoms with E-state index in [0.717, 1.165) is 6.07 Å². The van der Waals surface area contributed by atoms with E-state index in [-0.39, 0.29) is 28.7 Å². The summed E-state index contributed by atoms with van der Waals surface area (Å²) in [4.78, 5) is 24.5. The fourth-order valence-electron chi connectivity index (χ4n) is 3.20. The molecule has 156 valence electrons. The second-order valence-electron chi connectivity index (χ2n) is 6.76. The SMILES string of the molecule is N#CCN1CC[C@@H](Nc2ccc(S(=O)(=O)NC(=O)c3ccccc3)cc2[N+](=O)[O-])C1. The highest BCUT2D eigenvalue weighted by molar-refractivity contribution is 7.90. The molecule has 10 nitrogen and oxygen atoms in total. The lowest BCUT2D eigenvalue weighted by Gasteiger charge is -2.15. The number of carbonyl (C=O) groups excluding carboxylic acids is 1. The molecule has 30 heavy (non-hydrogen) atoms. The number of rotatable bonds is 7. The lowest BCUT2D eigenvalue weighted by Crippen LogP contribution is -2.30. The molecule has 1 aliphatic rings. The first-order chi connectivity index (χ1) is 14.3. The van der Waals surface area contributed by atoms with Crippen LogP contribution >= 0.6 is 0 Å². The molecule has 1 aliphatic heterocycles. The summed E-state index contributed by atoms with van der Waals surface area (Å²) in [6, 6.07) is 13.2. The van der Waals surface area contributed by atoms with Crippen molar-refractivity contribution in [3.63, 3.8) is 0 Å². The van der Waals surface area contributed by atoms with Gasteiger partial charge in [-0.1, -0.05) is 18.2 Å². The van der Waals surface area contributed by atoms with Gasteiger partial charge in [-0.05, 0) is 30.7 Å². The first-order valence-corrected chi connectivity index (χ1v) is 10.5. The second kappa shape index (κ2) is 8.89. The Labute approximate surface area is 173 Å². The van der Waals surface area contributed by atoms with Crippen molar-refractivity contribution in [1.29, 1.82) is 5.26 Å². The van der Waals surface area contributed by atoms with Crippen molar-refractivity contribution in [3.05, 3.63) is 64.2 Å². The summed E-state index contributed by atoms with van der Waals surface area (Å²) in [5.74, 6) is -0.830. The lowest BCUT2D eigenvalue weighted by molar-refractivity contribution is -0.384. The highest BCUT2D eigenvalue weighted by Gasteiger charge is 2.27. The van der Waals surface area contributed by atoms with E-state index in [9.17, 15) is 23.3 Å². The van der Waals surface area contributed by atoms with E-state index in [0.29, 0.717) is 19.5 Å². The monoisotopic (exact) mass is 429 g/mol. The Bertz CT molecular complexity index is 1100. The van der Waals surface area contributed by atoms with Crippen LogP contribution in [-0.4, -0.2) is 49.8 Å². The highest BCUT2D eigenvalue weighted by atomic mass is 32.2.